The van der Waals surface area contributed by atoms with Crippen molar-refractivity contribution in [1.29, 1.82) is 0 Å². The number of benzene rings is 1. The lowest BCUT2D eigenvalue weighted by Gasteiger charge is -2.11. The van der Waals surface area contributed by atoms with Gasteiger partial charge in [0, 0.05) is 18.2 Å². The Morgan fingerprint density at radius 2 is 1.81 bits per heavy atom. The quantitative estimate of drug-likeness (QED) is 0.650. The Labute approximate surface area is 123 Å². The molecule has 114 valence electrons. The molecule has 0 fully saturated rings. The van der Waals surface area contributed by atoms with E-state index in [1.807, 2.05) is 18.5 Å². The number of hydrogen-bond acceptors (Lipinski definition) is 5. The maximum Gasteiger partial charge on any atom is 0.200 e. The molecule has 0 saturated carbocycles. The number of aromatic nitrogens is 2. The Morgan fingerprint density at radius 3 is 2.38 bits per heavy atom. The van der Waals surface area contributed by atoms with Gasteiger partial charge in [-0.25, -0.2) is 0 Å². The van der Waals surface area contributed by atoms with Crippen LogP contribution < -0.4 is 5.32 Å². The highest BCUT2D eigenvalue weighted by Gasteiger charge is 2.15. The van der Waals surface area contributed by atoms with E-state index in [4.69, 9.17) is 0 Å². The molecule has 0 spiro atoms. The number of rotatable bonds is 4. The van der Waals surface area contributed by atoms with Crippen LogP contribution in [-0.2, 0) is 6.54 Å². The zero-order valence-corrected chi connectivity index (χ0v) is 12.7. The summed E-state index contributed by atoms with van der Waals surface area (Å²) >= 11 is 0. The van der Waals surface area contributed by atoms with Crippen LogP contribution >= 0.6 is 0 Å². The average Bonchev–Trinajstić information content (AvgIpc) is 2.71. The fourth-order valence-corrected chi connectivity index (χ4v) is 2.36. The molecule has 2 rings (SSSR count). The fraction of sp³-hybridized carbons (Fsp3) is 0.400. The molecule has 0 saturated heterocycles. The van der Waals surface area contributed by atoms with Crippen molar-refractivity contribution in [2.75, 3.05) is 5.32 Å². The third-order valence-corrected chi connectivity index (χ3v) is 3.48. The first-order valence-corrected chi connectivity index (χ1v) is 6.85. The minimum Gasteiger partial charge on any atom is -0.504 e. The Bertz CT molecular complexity index is 663. The summed E-state index contributed by atoms with van der Waals surface area (Å²) in [6.45, 7) is 8.35. The van der Waals surface area contributed by atoms with Gasteiger partial charge in [-0.15, -0.1) is 0 Å². The van der Waals surface area contributed by atoms with Crippen LogP contribution in [0.2, 0.25) is 0 Å². The Balaban J connectivity index is 2.23. The number of anilines is 1. The van der Waals surface area contributed by atoms with Crippen molar-refractivity contribution in [3.05, 3.63) is 29.1 Å². The van der Waals surface area contributed by atoms with Crippen LogP contribution in [0.15, 0.2) is 12.1 Å². The number of phenolic OH excluding ortho intramolecular Hbond substituents is 3. The summed E-state index contributed by atoms with van der Waals surface area (Å²) < 4.78 is 1.94. The van der Waals surface area contributed by atoms with Gasteiger partial charge in [0.05, 0.1) is 17.1 Å². The standard InChI is InChI=1S/C15H21N3O3/c1-8(2)18-10(4)13(9(3)17-18)16-7-11-5-6-12(19)15(21)14(11)20/h5-6,8,16,19-21H,7H2,1-4H3. The molecule has 1 aromatic heterocycles. The van der Waals surface area contributed by atoms with Crippen molar-refractivity contribution in [2.24, 2.45) is 0 Å². The van der Waals surface area contributed by atoms with E-state index < -0.39 is 5.75 Å². The molecule has 21 heavy (non-hydrogen) atoms. The van der Waals surface area contributed by atoms with Gasteiger partial charge in [-0.05, 0) is 39.8 Å². The number of phenols is 3. The van der Waals surface area contributed by atoms with E-state index in [-0.39, 0.29) is 17.5 Å². The van der Waals surface area contributed by atoms with Crippen LogP contribution in [-0.4, -0.2) is 25.1 Å². The van der Waals surface area contributed by atoms with Crippen LogP contribution in [0, 0.1) is 13.8 Å². The monoisotopic (exact) mass is 291 g/mol. The highest BCUT2D eigenvalue weighted by atomic mass is 16.3. The Hall–Kier alpha value is -2.37. The maximum absolute atomic E-state index is 9.82. The van der Waals surface area contributed by atoms with Crippen molar-refractivity contribution in [1.82, 2.24) is 9.78 Å². The number of aromatic hydroxyl groups is 3. The van der Waals surface area contributed by atoms with E-state index in [1.165, 1.54) is 6.07 Å². The van der Waals surface area contributed by atoms with Crippen LogP contribution in [0.5, 0.6) is 17.2 Å². The van der Waals surface area contributed by atoms with Crippen LogP contribution in [0.3, 0.4) is 0 Å². The van der Waals surface area contributed by atoms with Gasteiger partial charge in [-0.1, -0.05) is 0 Å². The molecule has 1 aromatic carbocycles. The molecule has 6 nitrogen and oxygen atoms in total. The van der Waals surface area contributed by atoms with Crippen LogP contribution in [0.25, 0.3) is 0 Å². The SMILES string of the molecule is Cc1nn(C(C)C)c(C)c1NCc1ccc(O)c(O)c1O. The fourth-order valence-electron chi connectivity index (χ4n) is 2.36. The second kappa shape index (κ2) is 5.55. The molecule has 0 amide bonds. The third-order valence-electron chi connectivity index (χ3n) is 3.48. The first kappa shape index (κ1) is 15.0. The largest absolute Gasteiger partial charge is 0.504 e. The molecule has 0 radical (unpaired) electrons. The number of nitrogens with one attached hydrogen (secondary N) is 1. The summed E-state index contributed by atoms with van der Waals surface area (Å²) in [6.07, 6.45) is 0. The highest BCUT2D eigenvalue weighted by molar-refractivity contribution is 5.56. The minimum absolute atomic E-state index is 0.269. The second-order valence-electron chi connectivity index (χ2n) is 5.38. The summed E-state index contributed by atoms with van der Waals surface area (Å²) in [6, 6.07) is 3.18. The van der Waals surface area contributed by atoms with E-state index in [2.05, 4.69) is 24.3 Å². The molecule has 0 aliphatic heterocycles. The number of nitrogens with zero attached hydrogens (tertiary/aromatic N) is 2. The van der Waals surface area contributed by atoms with Crippen molar-refractivity contribution in [3.63, 3.8) is 0 Å². The first-order valence-electron chi connectivity index (χ1n) is 6.85. The van der Waals surface area contributed by atoms with Crippen molar-refractivity contribution < 1.29 is 15.3 Å². The first-order chi connectivity index (χ1) is 9.82. The van der Waals surface area contributed by atoms with Gasteiger partial charge in [-0.3, -0.25) is 4.68 Å². The van der Waals surface area contributed by atoms with Gasteiger partial charge in [0.15, 0.2) is 11.5 Å². The van der Waals surface area contributed by atoms with Gasteiger partial charge in [0.25, 0.3) is 0 Å². The molecule has 2 aromatic rings. The van der Waals surface area contributed by atoms with Crippen LogP contribution in [0.4, 0.5) is 5.69 Å². The van der Waals surface area contributed by atoms with E-state index >= 15 is 0 Å². The zero-order chi connectivity index (χ0) is 15.7. The van der Waals surface area contributed by atoms with Crippen molar-refractivity contribution in [3.8, 4) is 17.2 Å². The molecule has 1 heterocycles. The Kier molecular flexibility index (Phi) is 3.97. The molecular formula is C15H21N3O3. The Morgan fingerprint density at radius 1 is 1.14 bits per heavy atom. The lowest BCUT2D eigenvalue weighted by atomic mass is 10.1. The van der Waals surface area contributed by atoms with Gasteiger partial charge in [0.2, 0.25) is 5.75 Å². The van der Waals surface area contributed by atoms with Gasteiger partial charge in [0.1, 0.15) is 0 Å². The minimum atomic E-state index is -0.499. The van der Waals surface area contributed by atoms with E-state index in [9.17, 15) is 15.3 Å². The molecular weight excluding hydrogens is 270 g/mol. The zero-order valence-electron chi connectivity index (χ0n) is 12.7. The summed E-state index contributed by atoms with van der Waals surface area (Å²) in [5, 5.41) is 36.4. The van der Waals surface area contributed by atoms with Crippen molar-refractivity contribution >= 4 is 5.69 Å². The summed E-state index contributed by atoms with van der Waals surface area (Å²) in [5.74, 6) is -1.15. The molecule has 4 N–H and O–H groups in total. The topological polar surface area (TPSA) is 90.5 Å². The lowest BCUT2D eigenvalue weighted by Crippen LogP contribution is -2.06. The number of hydrogen-bond donors (Lipinski definition) is 4. The summed E-state index contributed by atoms with van der Waals surface area (Å²) in [5.41, 5.74) is 3.31. The summed E-state index contributed by atoms with van der Waals surface area (Å²) in [4.78, 5) is 0. The van der Waals surface area contributed by atoms with Crippen molar-refractivity contribution in [2.45, 2.75) is 40.3 Å². The molecule has 0 bridgehead atoms. The van der Waals surface area contributed by atoms with E-state index in [0.29, 0.717) is 12.1 Å². The average molecular weight is 291 g/mol. The second-order valence-corrected chi connectivity index (χ2v) is 5.38. The third kappa shape index (κ3) is 2.74. The summed E-state index contributed by atoms with van der Waals surface area (Å²) in [7, 11) is 0. The smallest absolute Gasteiger partial charge is 0.200 e. The van der Waals surface area contributed by atoms with E-state index in [0.717, 1.165) is 17.1 Å². The van der Waals surface area contributed by atoms with Gasteiger partial charge in [-0.2, -0.15) is 5.10 Å². The number of aryl methyl sites for hydroxylation is 1. The van der Waals surface area contributed by atoms with Gasteiger partial charge < -0.3 is 20.6 Å². The molecule has 0 aliphatic carbocycles. The van der Waals surface area contributed by atoms with Gasteiger partial charge >= 0.3 is 0 Å². The molecule has 6 heteroatoms. The molecule has 0 atom stereocenters. The predicted molar refractivity (Wildman–Crippen MR) is 80.8 cm³/mol. The van der Waals surface area contributed by atoms with Crippen LogP contribution in [0.1, 0.15) is 36.8 Å². The van der Waals surface area contributed by atoms with E-state index in [1.54, 1.807) is 6.07 Å². The predicted octanol–water partition coefficient (Wildman–Crippen LogP) is 2.81. The highest BCUT2D eigenvalue weighted by Crippen LogP contribution is 2.37. The molecule has 0 aliphatic rings. The molecule has 0 unspecified atom stereocenters. The normalized spacial score (nSPS) is 11.1. The lowest BCUT2D eigenvalue weighted by molar-refractivity contribution is 0.365. The maximum atomic E-state index is 9.82.